The normalized spacial score (nSPS) is 14.8. The van der Waals surface area contributed by atoms with Crippen LogP contribution >= 0.6 is 0 Å². The molecule has 1 fully saturated rings. The zero-order chi connectivity index (χ0) is 18.8. The van der Waals surface area contributed by atoms with Crippen molar-refractivity contribution in [3.05, 3.63) is 30.3 Å². The number of para-hydroxylation sites is 1. The molecule has 6 nitrogen and oxygen atoms in total. The third-order valence-electron chi connectivity index (χ3n) is 4.72. The standard InChI is InChI=1S/C20H31N3O3/c1-3-22(4-2)20(25)23-14-12-17(13-15-23)21-19(24)11-8-16-26-18-9-6-5-7-10-18/h5-7,9-10,17H,3-4,8,11-16H2,1-2H3,(H,21,24). The van der Waals surface area contributed by atoms with Crippen molar-refractivity contribution in [1.29, 1.82) is 0 Å². The number of nitrogens with zero attached hydrogens (tertiary/aromatic N) is 2. The topological polar surface area (TPSA) is 61.9 Å². The number of hydrogen-bond acceptors (Lipinski definition) is 3. The van der Waals surface area contributed by atoms with Crippen LogP contribution in [-0.4, -0.2) is 60.6 Å². The molecule has 0 radical (unpaired) electrons. The van der Waals surface area contributed by atoms with Crippen molar-refractivity contribution in [2.45, 2.75) is 45.6 Å². The first-order valence-corrected chi connectivity index (χ1v) is 9.65. The molecule has 0 aromatic heterocycles. The quantitative estimate of drug-likeness (QED) is 0.724. The van der Waals surface area contributed by atoms with Crippen molar-refractivity contribution in [1.82, 2.24) is 15.1 Å². The SMILES string of the molecule is CCN(CC)C(=O)N1CCC(NC(=O)CCCOc2ccccc2)CC1. The lowest BCUT2D eigenvalue weighted by molar-refractivity contribution is -0.122. The number of amides is 3. The van der Waals surface area contributed by atoms with Crippen molar-refractivity contribution in [3.63, 3.8) is 0 Å². The molecule has 1 aromatic rings. The Morgan fingerprint density at radius 3 is 2.42 bits per heavy atom. The average Bonchev–Trinajstić information content (AvgIpc) is 2.67. The van der Waals surface area contributed by atoms with E-state index in [2.05, 4.69) is 5.32 Å². The molecule has 6 heteroatoms. The van der Waals surface area contributed by atoms with Gasteiger partial charge in [0, 0.05) is 38.6 Å². The van der Waals surface area contributed by atoms with E-state index in [0.29, 0.717) is 32.5 Å². The van der Waals surface area contributed by atoms with E-state index >= 15 is 0 Å². The highest BCUT2D eigenvalue weighted by Gasteiger charge is 2.25. The first-order chi connectivity index (χ1) is 12.6. The largest absolute Gasteiger partial charge is 0.494 e. The van der Waals surface area contributed by atoms with Crippen LogP contribution in [0.15, 0.2) is 30.3 Å². The summed E-state index contributed by atoms with van der Waals surface area (Å²) in [5, 5.41) is 3.09. The molecule has 0 unspecified atom stereocenters. The Balaban J connectivity index is 1.61. The van der Waals surface area contributed by atoms with E-state index in [0.717, 1.165) is 31.7 Å². The monoisotopic (exact) mass is 361 g/mol. The van der Waals surface area contributed by atoms with E-state index in [1.807, 2.05) is 54.0 Å². The third kappa shape index (κ3) is 6.24. The van der Waals surface area contributed by atoms with Gasteiger partial charge in [0.05, 0.1) is 6.61 Å². The molecule has 0 bridgehead atoms. The molecule has 26 heavy (non-hydrogen) atoms. The zero-order valence-electron chi connectivity index (χ0n) is 15.9. The van der Waals surface area contributed by atoms with Crippen LogP contribution in [0.4, 0.5) is 4.79 Å². The maximum absolute atomic E-state index is 12.3. The van der Waals surface area contributed by atoms with E-state index in [4.69, 9.17) is 4.74 Å². The summed E-state index contributed by atoms with van der Waals surface area (Å²) < 4.78 is 5.60. The summed E-state index contributed by atoms with van der Waals surface area (Å²) in [7, 11) is 0. The first-order valence-electron chi connectivity index (χ1n) is 9.65. The summed E-state index contributed by atoms with van der Waals surface area (Å²) in [6.45, 7) is 7.41. The fourth-order valence-corrected chi connectivity index (χ4v) is 3.15. The molecular weight excluding hydrogens is 330 g/mol. The molecule has 1 saturated heterocycles. The minimum atomic E-state index is 0.0650. The Morgan fingerprint density at radius 1 is 1.15 bits per heavy atom. The highest BCUT2D eigenvalue weighted by Crippen LogP contribution is 2.13. The van der Waals surface area contributed by atoms with E-state index in [1.54, 1.807) is 0 Å². The van der Waals surface area contributed by atoms with Crippen molar-refractivity contribution in [2.75, 3.05) is 32.8 Å². The molecule has 1 heterocycles. The van der Waals surface area contributed by atoms with Crippen LogP contribution in [0, 0.1) is 0 Å². The molecule has 2 rings (SSSR count). The van der Waals surface area contributed by atoms with Crippen LogP contribution < -0.4 is 10.1 Å². The first kappa shape index (κ1) is 20.1. The van der Waals surface area contributed by atoms with Gasteiger partial charge in [-0.2, -0.15) is 0 Å². The Bertz CT molecular complexity index is 553. The Hall–Kier alpha value is -2.24. The van der Waals surface area contributed by atoms with Crippen molar-refractivity contribution < 1.29 is 14.3 Å². The molecule has 1 aliphatic rings. The summed E-state index contributed by atoms with van der Waals surface area (Å²) in [6, 6.07) is 9.90. The summed E-state index contributed by atoms with van der Waals surface area (Å²) in [5.41, 5.74) is 0. The van der Waals surface area contributed by atoms with Gasteiger partial charge in [-0.1, -0.05) is 18.2 Å². The fourth-order valence-electron chi connectivity index (χ4n) is 3.15. The van der Waals surface area contributed by atoms with Gasteiger partial charge in [0.25, 0.3) is 0 Å². The van der Waals surface area contributed by atoms with Gasteiger partial charge in [-0.15, -0.1) is 0 Å². The predicted octanol–water partition coefficient (Wildman–Crippen LogP) is 2.89. The Kier molecular flexibility index (Phi) is 8.25. The number of piperidine rings is 1. The van der Waals surface area contributed by atoms with Gasteiger partial charge in [0.1, 0.15) is 5.75 Å². The van der Waals surface area contributed by atoms with Gasteiger partial charge in [0.15, 0.2) is 0 Å². The Morgan fingerprint density at radius 2 is 1.81 bits per heavy atom. The number of urea groups is 1. The molecular formula is C20H31N3O3. The lowest BCUT2D eigenvalue weighted by Gasteiger charge is -2.35. The zero-order valence-corrected chi connectivity index (χ0v) is 15.9. The fraction of sp³-hybridized carbons (Fsp3) is 0.600. The van der Waals surface area contributed by atoms with Gasteiger partial charge < -0.3 is 19.9 Å². The van der Waals surface area contributed by atoms with Gasteiger partial charge in [-0.3, -0.25) is 4.79 Å². The summed E-state index contributed by atoms with van der Waals surface area (Å²) in [5.74, 6) is 0.897. The molecule has 1 aromatic carbocycles. The van der Waals surface area contributed by atoms with Crippen molar-refractivity contribution in [3.8, 4) is 5.75 Å². The third-order valence-corrected chi connectivity index (χ3v) is 4.72. The van der Waals surface area contributed by atoms with E-state index in [1.165, 1.54) is 0 Å². The molecule has 0 saturated carbocycles. The highest BCUT2D eigenvalue weighted by atomic mass is 16.5. The van der Waals surface area contributed by atoms with E-state index in [9.17, 15) is 9.59 Å². The molecule has 0 aliphatic carbocycles. The number of nitrogens with one attached hydrogen (secondary N) is 1. The van der Waals surface area contributed by atoms with Crippen LogP contribution in [0.2, 0.25) is 0 Å². The maximum Gasteiger partial charge on any atom is 0.319 e. The molecule has 144 valence electrons. The number of rotatable bonds is 8. The van der Waals surface area contributed by atoms with Gasteiger partial charge in [0.2, 0.25) is 5.91 Å². The summed E-state index contributed by atoms with van der Waals surface area (Å²) in [6.07, 6.45) is 2.80. The van der Waals surface area contributed by atoms with Crippen LogP contribution in [0.5, 0.6) is 5.75 Å². The Labute approximate surface area is 156 Å². The molecule has 3 amide bonds. The lowest BCUT2D eigenvalue weighted by Crippen LogP contribution is -2.50. The number of benzene rings is 1. The van der Waals surface area contributed by atoms with Gasteiger partial charge >= 0.3 is 6.03 Å². The smallest absolute Gasteiger partial charge is 0.319 e. The number of likely N-dealkylation sites (tertiary alicyclic amines) is 1. The van der Waals surface area contributed by atoms with Crippen molar-refractivity contribution >= 4 is 11.9 Å². The minimum absolute atomic E-state index is 0.0650. The lowest BCUT2D eigenvalue weighted by atomic mass is 10.0. The summed E-state index contributed by atoms with van der Waals surface area (Å²) >= 11 is 0. The minimum Gasteiger partial charge on any atom is -0.494 e. The van der Waals surface area contributed by atoms with Crippen LogP contribution in [0.25, 0.3) is 0 Å². The van der Waals surface area contributed by atoms with E-state index < -0.39 is 0 Å². The average molecular weight is 361 g/mol. The van der Waals surface area contributed by atoms with Crippen molar-refractivity contribution in [2.24, 2.45) is 0 Å². The second-order valence-corrected chi connectivity index (χ2v) is 6.55. The van der Waals surface area contributed by atoms with Crippen LogP contribution in [0.1, 0.15) is 39.5 Å². The number of ether oxygens (including phenoxy) is 1. The van der Waals surface area contributed by atoms with Gasteiger partial charge in [-0.25, -0.2) is 4.79 Å². The highest BCUT2D eigenvalue weighted by molar-refractivity contribution is 5.76. The molecule has 0 spiro atoms. The molecule has 0 atom stereocenters. The van der Waals surface area contributed by atoms with Crippen LogP contribution in [0.3, 0.4) is 0 Å². The van der Waals surface area contributed by atoms with Crippen LogP contribution in [-0.2, 0) is 4.79 Å². The second-order valence-electron chi connectivity index (χ2n) is 6.55. The molecule has 1 N–H and O–H groups in total. The van der Waals surface area contributed by atoms with Gasteiger partial charge in [-0.05, 0) is 45.2 Å². The maximum atomic E-state index is 12.3. The molecule has 1 aliphatic heterocycles. The number of carbonyl (C=O) groups is 2. The van der Waals surface area contributed by atoms with E-state index in [-0.39, 0.29) is 18.0 Å². The second kappa shape index (κ2) is 10.7. The number of hydrogen-bond donors (Lipinski definition) is 1. The predicted molar refractivity (Wildman–Crippen MR) is 102 cm³/mol. The number of carbonyl (C=O) groups excluding carboxylic acids is 2. The summed E-state index contributed by atoms with van der Waals surface area (Å²) in [4.78, 5) is 28.1.